The van der Waals surface area contributed by atoms with Crippen molar-refractivity contribution in [1.82, 2.24) is 9.13 Å². The molecule has 0 aliphatic rings. The third-order valence-corrected chi connectivity index (χ3v) is 3.54. The fraction of sp³-hybridized carbons (Fsp3) is 0.462. The van der Waals surface area contributed by atoms with Crippen molar-refractivity contribution in [3.63, 3.8) is 0 Å². The molecule has 2 aromatic heterocycles. The summed E-state index contributed by atoms with van der Waals surface area (Å²) in [5.74, 6) is 1.26. The molecule has 0 saturated carbocycles. The van der Waals surface area contributed by atoms with Crippen molar-refractivity contribution in [2.24, 2.45) is 21.1 Å². The lowest BCUT2D eigenvalue weighted by molar-refractivity contribution is -0.666. The van der Waals surface area contributed by atoms with Crippen LogP contribution in [0.25, 0.3) is 11.5 Å². The second kappa shape index (κ2) is 3.51. The van der Waals surface area contributed by atoms with Gasteiger partial charge in [-0.1, -0.05) is 0 Å². The highest BCUT2D eigenvalue weighted by Gasteiger charge is 2.24. The Kier molecular flexibility index (Phi) is 2.41. The Bertz CT molecular complexity index is 519. The molecule has 2 rings (SSSR count). The van der Waals surface area contributed by atoms with E-state index in [-0.39, 0.29) is 0 Å². The first-order chi connectivity index (χ1) is 7.43. The predicted molar refractivity (Wildman–Crippen MR) is 65.2 cm³/mol. The van der Waals surface area contributed by atoms with E-state index in [1.54, 1.807) is 0 Å². The molecule has 0 atom stereocenters. The van der Waals surface area contributed by atoms with E-state index in [2.05, 4.69) is 67.9 Å². The molecule has 0 aliphatic heterocycles. The monoisotopic (exact) mass is 218 g/mol. The number of aromatic nitrogens is 3. The third kappa shape index (κ3) is 1.39. The summed E-state index contributed by atoms with van der Waals surface area (Å²) in [7, 11) is 6.35. The molecule has 86 valence electrons. The molecule has 0 aliphatic carbocycles. The average Bonchev–Trinajstić information content (AvgIpc) is 2.63. The Morgan fingerprint density at radius 1 is 1.12 bits per heavy atom. The molecule has 0 saturated heterocycles. The predicted octanol–water partition coefficient (Wildman–Crippen LogP) is 1.78. The van der Waals surface area contributed by atoms with Gasteiger partial charge >= 0.3 is 5.82 Å². The summed E-state index contributed by atoms with van der Waals surface area (Å²) < 4.78 is 6.69. The summed E-state index contributed by atoms with van der Waals surface area (Å²) in [6, 6.07) is 2.23. The van der Waals surface area contributed by atoms with Crippen LogP contribution in [0.2, 0.25) is 0 Å². The van der Waals surface area contributed by atoms with E-state index in [1.165, 1.54) is 28.5 Å². The molecule has 3 nitrogen and oxygen atoms in total. The quantitative estimate of drug-likeness (QED) is 0.648. The Morgan fingerprint density at radius 2 is 1.75 bits per heavy atom. The summed E-state index contributed by atoms with van der Waals surface area (Å²) in [5, 5.41) is 0. The van der Waals surface area contributed by atoms with Gasteiger partial charge in [-0.05, 0) is 18.6 Å². The van der Waals surface area contributed by atoms with E-state index in [1.807, 2.05) is 0 Å². The van der Waals surface area contributed by atoms with Crippen LogP contribution in [0.4, 0.5) is 0 Å². The zero-order chi connectivity index (χ0) is 12.0. The number of aryl methyl sites for hydroxylation is 2. The van der Waals surface area contributed by atoms with Gasteiger partial charge in [0.2, 0.25) is 0 Å². The Balaban J connectivity index is 2.74. The molecule has 0 fully saturated rings. The molecular weight excluding hydrogens is 198 g/mol. The van der Waals surface area contributed by atoms with Gasteiger partial charge in [0.25, 0.3) is 0 Å². The normalized spacial score (nSPS) is 11.1. The minimum Gasteiger partial charge on any atom is -0.344 e. The minimum atomic E-state index is 1.26. The number of nitrogens with zero attached hydrogens (tertiary/aromatic N) is 3. The van der Waals surface area contributed by atoms with E-state index in [0.29, 0.717) is 0 Å². The van der Waals surface area contributed by atoms with E-state index >= 15 is 0 Å². The first-order valence-electron chi connectivity index (χ1n) is 5.58. The number of hydrogen-bond acceptors (Lipinski definition) is 0. The highest BCUT2D eigenvalue weighted by atomic mass is 15.2. The van der Waals surface area contributed by atoms with Gasteiger partial charge in [-0.25, -0.2) is 9.13 Å². The van der Waals surface area contributed by atoms with Crippen molar-refractivity contribution < 1.29 is 4.57 Å². The van der Waals surface area contributed by atoms with Crippen LogP contribution in [0, 0.1) is 20.8 Å². The summed E-state index contributed by atoms with van der Waals surface area (Å²) in [5.41, 5.74) is 5.19. The second-order valence-electron chi connectivity index (χ2n) is 4.63. The number of rotatable bonds is 1. The van der Waals surface area contributed by atoms with Crippen molar-refractivity contribution in [1.29, 1.82) is 0 Å². The molecule has 0 radical (unpaired) electrons. The summed E-state index contributed by atoms with van der Waals surface area (Å²) in [6.45, 7) is 6.45. The maximum absolute atomic E-state index is 2.25. The van der Waals surface area contributed by atoms with Gasteiger partial charge in [0.05, 0.1) is 14.1 Å². The van der Waals surface area contributed by atoms with E-state index in [9.17, 15) is 0 Å². The van der Waals surface area contributed by atoms with Crippen LogP contribution in [0.15, 0.2) is 12.3 Å². The third-order valence-electron chi connectivity index (χ3n) is 3.54. The average molecular weight is 218 g/mol. The summed E-state index contributed by atoms with van der Waals surface area (Å²) >= 11 is 0. The fourth-order valence-corrected chi connectivity index (χ4v) is 2.32. The lowest BCUT2D eigenvalue weighted by Crippen LogP contribution is -2.33. The van der Waals surface area contributed by atoms with Gasteiger partial charge in [-0.3, -0.25) is 0 Å². The molecular formula is C13H20N3+. The Hall–Kier alpha value is -1.51. The SMILES string of the molecule is Cc1cc(-c2n(C)c(C)c(C)[n+]2C)n(C)c1. The first kappa shape index (κ1) is 11.0. The highest BCUT2D eigenvalue weighted by molar-refractivity contribution is 5.51. The molecule has 0 aromatic carbocycles. The number of imidazole rings is 1. The maximum atomic E-state index is 2.25. The molecule has 0 N–H and O–H groups in total. The molecule has 2 heterocycles. The van der Waals surface area contributed by atoms with E-state index < -0.39 is 0 Å². The topological polar surface area (TPSA) is 13.7 Å². The first-order valence-corrected chi connectivity index (χ1v) is 5.58. The zero-order valence-corrected chi connectivity index (χ0v) is 11.0. The van der Waals surface area contributed by atoms with Gasteiger partial charge in [0.15, 0.2) is 0 Å². The van der Waals surface area contributed by atoms with Gasteiger partial charge in [-0.15, -0.1) is 0 Å². The van der Waals surface area contributed by atoms with Crippen molar-refractivity contribution >= 4 is 0 Å². The number of hydrogen-bond donors (Lipinski definition) is 0. The van der Waals surface area contributed by atoms with Crippen LogP contribution in [-0.2, 0) is 21.1 Å². The van der Waals surface area contributed by atoms with Crippen molar-refractivity contribution in [3.8, 4) is 11.5 Å². The van der Waals surface area contributed by atoms with Crippen LogP contribution < -0.4 is 4.57 Å². The van der Waals surface area contributed by atoms with Gasteiger partial charge in [-0.2, -0.15) is 0 Å². The van der Waals surface area contributed by atoms with Crippen molar-refractivity contribution in [2.75, 3.05) is 0 Å². The standard InChI is InChI=1S/C13H20N3/c1-9-7-12(14(4)8-9)13-15(5)10(2)11(3)16(13)6/h7-8H,1-6H3/q+1. The van der Waals surface area contributed by atoms with Gasteiger partial charge in [0, 0.05) is 27.1 Å². The molecule has 3 heteroatoms. The lowest BCUT2D eigenvalue weighted by atomic mass is 10.3. The summed E-state index contributed by atoms with van der Waals surface area (Å²) in [6.07, 6.45) is 2.16. The lowest BCUT2D eigenvalue weighted by Gasteiger charge is -2.00. The molecule has 2 aromatic rings. The van der Waals surface area contributed by atoms with Crippen molar-refractivity contribution in [3.05, 3.63) is 29.2 Å². The van der Waals surface area contributed by atoms with Crippen LogP contribution >= 0.6 is 0 Å². The summed E-state index contributed by atoms with van der Waals surface area (Å²) in [4.78, 5) is 0. The van der Waals surface area contributed by atoms with Gasteiger partial charge in [0.1, 0.15) is 17.1 Å². The van der Waals surface area contributed by atoms with Crippen LogP contribution in [0.3, 0.4) is 0 Å². The Morgan fingerprint density at radius 3 is 2.12 bits per heavy atom. The minimum absolute atomic E-state index is 1.26. The zero-order valence-electron chi connectivity index (χ0n) is 11.0. The fourth-order valence-electron chi connectivity index (χ4n) is 2.32. The Labute approximate surface area is 96.9 Å². The maximum Gasteiger partial charge on any atom is 0.305 e. The van der Waals surface area contributed by atoms with E-state index in [4.69, 9.17) is 0 Å². The van der Waals surface area contributed by atoms with Crippen LogP contribution in [-0.4, -0.2) is 9.13 Å². The second-order valence-corrected chi connectivity index (χ2v) is 4.63. The molecule has 0 bridgehead atoms. The molecule has 0 spiro atoms. The van der Waals surface area contributed by atoms with Crippen LogP contribution in [0.5, 0.6) is 0 Å². The van der Waals surface area contributed by atoms with E-state index in [0.717, 1.165) is 0 Å². The highest BCUT2D eigenvalue weighted by Crippen LogP contribution is 2.20. The molecule has 0 amide bonds. The largest absolute Gasteiger partial charge is 0.344 e. The van der Waals surface area contributed by atoms with Crippen molar-refractivity contribution in [2.45, 2.75) is 20.8 Å². The van der Waals surface area contributed by atoms with Gasteiger partial charge < -0.3 is 4.57 Å². The van der Waals surface area contributed by atoms with Crippen LogP contribution in [0.1, 0.15) is 17.0 Å². The molecule has 0 unspecified atom stereocenters. The smallest absolute Gasteiger partial charge is 0.305 e. The molecule has 16 heavy (non-hydrogen) atoms.